The highest BCUT2D eigenvalue weighted by molar-refractivity contribution is 6.33. The molecule has 0 radical (unpaired) electrons. The lowest BCUT2D eigenvalue weighted by Gasteiger charge is -2.27. The van der Waals surface area contributed by atoms with E-state index in [-0.39, 0.29) is 10.6 Å². The number of hydrogen-bond acceptors (Lipinski definition) is 4. The van der Waals surface area contributed by atoms with Crippen molar-refractivity contribution in [1.29, 1.82) is 0 Å². The number of halogens is 1. The van der Waals surface area contributed by atoms with Crippen LogP contribution in [0.25, 0.3) is 0 Å². The molecule has 0 bridgehead atoms. The van der Waals surface area contributed by atoms with Gasteiger partial charge in [0.1, 0.15) is 5.02 Å². The molecular weight excluding hydrogens is 252 g/mol. The molecule has 18 heavy (non-hydrogen) atoms. The Kier molecular flexibility index (Phi) is 3.26. The number of H-pyrrole nitrogens is 1. The molecule has 0 spiro atoms. The highest BCUT2D eigenvalue weighted by Gasteiger charge is 2.33. The number of nitrogens with zero attached hydrogens (tertiary/aromatic N) is 2. The number of hydrogen-bond donors (Lipinski definition) is 2. The molecule has 2 N–H and O–H groups in total. The van der Waals surface area contributed by atoms with E-state index in [1.165, 1.54) is 25.7 Å². The average Bonchev–Trinajstić information content (AvgIpc) is 3.08. The van der Waals surface area contributed by atoms with Crippen LogP contribution in [0.5, 0.6) is 0 Å². The molecule has 1 saturated heterocycles. The molecule has 0 aromatic carbocycles. The van der Waals surface area contributed by atoms with Crippen LogP contribution in [0.1, 0.15) is 25.7 Å². The Balaban J connectivity index is 1.84. The Morgan fingerprint density at radius 1 is 1.44 bits per heavy atom. The Hall–Kier alpha value is -1.07. The molecule has 3 rings (SSSR count). The smallest absolute Gasteiger partial charge is 0.285 e. The predicted molar refractivity (Wildman–Crippen MR) is 71.3 cm³/mol. The largest absolute Gasteiger partial charge is 0.364 e. The molecule has 1 unspecified atom stereocenters. The molecule has 5 nitrogen and oxygen atoms in total. The van der Waals surface area contributed by atoms with Gasteiger partial charge in [0.2, 0.25) is 0 Å². The summed E-state index contributed by atoms with van der Waals surface area (Å²) in [5.74, 6) is 0. The van der Waals surface area contributed by atoms with E-state index in [1.807, 2.05) is 0 Å². The van der Waals surface area contributed by atoms with Gasteiger partial charge in [-0.3, -0.25) is 4.79 Å². The van der Waals surface area contributed by atoms with Crippen LogP contribution in [-0.2, 0) is 0 Å². The minimum Gasteiger partial charge on any atom is -0.364 e. The van der Waals surface area contributed by atoms with Crippen LogP contribution >= 0.6 is 11.6 Å². The molecular formula is C12H17ClN4O. The molecule has 1 aromatic heterocycles. The molecule has 2 heterocycles. The summed E-state index contributed by atoms with van der Waals surface area (Å²) in [7, 11) is 0. The standard InChI is InChI=1S/C12H17ClN4O/c13-11-10(6-15-16-12(11)18)17(9-3-4-9)7-8-2-1-5-14-8/h6,8-9,14H,1-5,7H2,(H,16,18). The second-order valence-electron chi connectivity index (χ2n) is 5.08. The van der Waals surface area contributed by atoms with E-state index >= 15 is 0 Å². The van der Waals surface area contributed by atoms with Crippen LogP contribution in [0, 0.1) is 0 Å². The minimum atomic E-state index is -0.306. The zero-order valence-corrected chi connectivity index (χ0v) is 10.9. The maximum Gasteiger partial charge on any atom is 0.285 e. The predicted octanol–water partition coefficient (Wildman–Crippen LogP) is 1.14. The third-order valence-electron chi connectivity index (χ3n) is 3.65. The topological polar surface area (TPSA) is 61.0 Å². The van der Waals surface area contributed by atoms with Gasteiger partial charge in [-0.25, -0.2) is 5.10 Å². The number of aromatic nitrogens is 2. The van der Waals surface area contributed by atoms with Crippen LogP contribution in [0.3, 0.4) is 0 Å². The average molecular weight is 269 g/mol. The summed E-state index contributed by atoms with van der Waals surface area (Å²) in [6, 6.07) is 1.02. The Morgan fingerprint density at radius 3 is 2.94 bits per heavy atom. The van der Waals surface area contributed by atoms with Crippen LogP contribution in [-0.4, -0.2) is 35.4 Å². The van der Waals surface area contributed by atoms with E-state index < -0.39 is 0 Å². The maximum absolute atomic E-state index is 11.5. The lowest BCUT2D eigenvalue weighted by atomic mass is 10.2. The van der Waals surface area contributed by atoms with E-state index in [0.717, 1.165) is 18.8 Å². The van der Waals surface area contributed by atoms with Gasteiger partial charge < -0.3 is 10.2 Å². The molecule has 6 heteroatoms. The van der Waals surface area contributed by atoms with Crippen molar-refractivity contribution < 1.29 is 0 Å². The maximum atomic E-state index is 11.5. The summed E-state index contributed by atoms with van der Waals surface area (Å²) in [6.45, 7) is 2.00. The SMILES string of the molecule is O=c1[nH]ncc(N(CC2CCCN2)C2CC2)c1Cl. The Bertz CT molecular complexity index is 479. The van der Waals surface area contributed by atoms with Crippen molar-refractivity contribution in [2.45, 2.75) is 37.8 Å². The van der Waals surface area contributed by atoms with E-state index in [2.05, 4.69) is 20.4 Å². The summed E-state index contributed by atoms with van der Waals surface area (Å²) in [4.78, 5) is 13.8. The molecule has 2 aliphatic rings. The zero-order chi connectivity index (χ0) is 12.5. The van der Waals surface area contributed by atoms with E-state index in [4.69, 9.17) is 11.6 Å². The number of rotatable bonds is 4. The molecule has 1 aromatic rings. The van der Waals surface area contributed by atoms with Gasteiger partial charge in [-0.2, -0.15) is 5.10 Å². The third kappa shape index (κ3) is 2.37. The van der Waals surface area contributed by atoms with Gasteiger partial charge in [-0.15, -0.1) is 0 Å². The third-order valence-corrected chi connectivity index (χ3v) is 4.02. The lowest BCUT2D eigenvalue weighted by molar-refractivity contribution is 0.578. The Morgan fingerprint density at radius 2 is 2.28 bits per heavy atom. The van der Waals surface area contributed by atoms with Crippen LogP contribution in [0.15, 0.2) is 11.0 Å². The summed E-state index contributed by atoms with van der Waals surface area (Å²) in [5.41, 5.74) is 0.468. The van der Waals surface area contributed by atoms with Crippen LogP contribution < -0.4 is 15.8 Å². The van der Waals surface area contributed by atoms with E-state index in [0.29, 0.717) is 12.1 Å². The molecule has 1 aliphatic carbocycles. The number of nitrogens with one attached hydrogen (secondary N) is 2. The van der Waals surface area contributed by atoms with Crippen LogP contribution in [0.2, 0.25) is 5.02 Å². The van der Waals surface area contributed by atoms with Crippen molar-refractivity contribution in [3.63, 3.8) is 0 Å². The van der Waals surface area contributed by atoms with Crippen molar-refractivity contribution in [3.05, 3.63) is 21.6 Å². The molecule has 98 valence electrons. The second-order valence-corrected chi connectivity index (χ2v) is 5.45. The summed E-state index contributed by atoms with van der Waals surface area (Å²) in [5, 5.41) is 9.98. The highest BCUT2D eigenvalue weighted by Crippen LogP contribution is 2.34. The Labute approximate surface area is 111 Å². The van der Waals surface area contributed by atoms with Gasteiger partial charge in [-0.05, 0) is 32.2 Å². The monoisotopic (exact) mass is 268 g/mol. The molecule has 1 aliphatic heterocycles. The summed E-state index contributed by atoms with van der Waals surface area (Å²) < 4.78 is 0. The first kappa shape index (κ1) is 12.0. The summed E-state index contributed by atoms with van der Waals surface area (Å²) >= 11 is 6.10. The highest BCUT2D eigenvalue weighted by atomic mass is 35.5. The minimum absolute atomic E-state index is 0.259. The normalized spacial score (nSPS) is 23.3. The lowest BCUT2D eigenvalue weighted by Crippen LogP contribution is -2.39. The number of aromatic amines is 1. The van der Waals surface area contributed by atoms with E-state index in [9.17, 15) is 4.79 Å². The fourth-order valence-electron chi connectivity index (χ4n) is 2.55. The molecule has 2 fully saturated rings. The zero-order valence-electron chi connectivity index (χ0n) is 10.2. The molecule has 0 amide bonds. The molecule has 1 atom stereocenters. The van der Waals surface area contributed by atoms with E-state index in [1.54, 1.807) is 6.20 Å². The van der Waals surface area contributed by atoms with Gasteiger partial charge in [-0.1, -0.05) is 11.6 Å². The van der Waals surface area contributed by atoms with Crippen molar-refractivity contribution >= 4 is 17.3 Å². The summed E-state index contributed by atoms with van der Waals surface area (Å²) in [6.07, 6.45) is 6.44. The van der Waals surface area contributed by atoms with Gasteiger partial charge in [0.25, 0.3) is 5.56 Å². The van der Waals surface area contributed by atoms with Gasteiger partial charge in [0.05, 0.1) is 11.9 Å². The fourth-order valence-corrected chi connectivity index (χ4v) is 2.75. The number of anilines is 1. The van der Waals surface area contributed by atoms with Gasteiger partial charge >= 0.3 is 0 Å². The van der Waals surface area contributed by atoms with Crippen molar-refractivity contribution in [1.82, 2.24) is 15.5 Å². The van der Waals surface area contributed by atoms with Crippen molar-refractivity contribution in [2.75, 3.05) is 18.0 Å². The van der Waals surface area contributed by atoms with Gasteiger partial charge in [0, 0.05) is 18.6 Å². The van der Waals surface area contributed by atoms with Crippen LogP contribution in [0.4, 0.5) is 5.69 Å². The quantitative estimate of drug-likeness (QED) is 0.860. The molecule has 1 saturated carbocycles. The fraction of sp³-hybridized carbons (Fsp3) is 0.667. The first-order valence-electron chi connectivity index (χ1n) is 6.49. The second kappa shape index (κ2) is 4.90. The van der Waals surface area contributed by atoms with Crippen molar-refractivity contribution in [2.24, 2.45) is 0 Å². The van der Waals surface area contributed by atoms with Crippen molar-refractivity contribution in [3.8, 4) is 0 Å². The first-order chi connectivity index (χ1) is 8.75. The first-order valence-corrected chi connectivity index (χ1v) is 6.86. The van der Waals surface area contributed by atoms with Gasteiger partial charge in [0.15, 0.2) is 0 Å².